The fraction of sp³-hybridized carbons (Fsp3) is 0.160. The summed E-state index contributed by atoms with van der Waals surface area (Å²) in [7, 11) is 0. The van der Waals surface area contributed by atoms with Crippen molar-refractivity contribution in [1.82, 2.24) is 0 Å². The molecule has 0 saturated heterocycles. The van der Waals surface area contributed by atoms with Crippen LogP contribution in [0.2, 0.25) is 18.7 Å². The molecule has 4 rings (SSSR count). The van der Waals surface area contributed by atoms with Crippen LogP contribution in [0.15, 0.2) is 72.8 Å². The van der Waals surface area contributed by atoms with Gasteiger partial charge in [0.05, 0.1) is 20.5 Å². The Balaban J connectivity index is 1.73. The zero-order valence-electron chi connectivity index (χ0n) is 16.7. The van der Waals surface area contributed by atoms with Crippen molar-refractivity contribution in [2.75, 3.05) is 0 Å². The van der Waals surface area contributed by atoms with E-state index in [1.807, 2.05) is 72.8 Å². The summed E-state index contributed by atoms with van der Waals surface area (Å²) in [6.45, 7) is 0. The number of ketones is 1. The largest absolute Gasteiger partial charge is 0.298 e. The topological polar surface area (TPSA) is 17.1 Å². The maximum absolute atomic E-state index is 14.1. The molecule has 4 aromatic rings. The van der Waals surface area contributed by atoms with Crippen LogP contribution >= 0.6 is 69.1 Å². The number of rotatable bonds is 8. The van der Waals surface area contributed by atoms with Crippen molar-refractivity contribution in [2.24, 2.45) is 0 Å². The highest BCUT2D eigenvalue weighted by Crippen LogP contribution is 2.39. The summed E-state index contributed by atoms with van der Waals surface area (Å²) < 4.78 is 1.32. The first-order chi connectivity index (χ1) is 15.4. The van der Waals surface area contributed by atoms with Gasteiger partial charge >= 0.3 is 0 Å². The molecule has 2 aromatic carbocycles. The monoisotopic (exact) mass is 538 g/mol. The number of carbonyl (C=O) groups is 1. The Morgan fingerprint density at radius 2 is 1.09 bits per heavy atom. The summed E-state index contributed by atoms with van der Waals surface area (Å²) in [6, 6.07) is 22.9. The molecule has 0 fully saturated rings. The van der Waals surface area contributed by atoms with Gasteiger partial charge in [-0.25, -0.2) is 0 Å². The lowest BCUT2D eigenvalue weighted by Crippen LogP contribution is -2.23. The summed E-state index contributed by atoms with van der Waals surface area (Å²) in [6.07, 6.45) is 1.09. The molecule has 0 spiro atoms. The number of thiophene rings is 2. The third-order valence-electron chi connectivity index (χ3n) is 5.22. The van der Waals surface area contributed by atoms with Crippen molar-refractivity contribution < 1.29 is 4.79 Å². The lowest BCUT2D eigenvalue weighted by atomic mass is 9.83. The van der Waals surface area contributed by atoms with Crippen molar-refractivity contribution in [3.8, 4) is 0 Å². The molecule has 2 atom stereocenters. The van der Waals surface area contributed by atoms with Crippen LogP contribution in [0.3, 0.4) is 0 Å². The van der Waals surface area contributed by atoms with Crippen LogP contribution in [-0.2, 0) is 17.6 Å². The molecular weight excluding hydrogens is 522 g/mol. The van der Waals surface area contributed by atoms with Crippen LogP contribution in [-0.4, -0.2) is 5.78 Å². The van der Waals surface area contributed by atoms with E-state index in [9.17, 15) is 4.79 Å². The molecule has 0 radical (unpaired) electrons. The van der Waals surface area contributed by atoms with Gasteiger partial charge in [0, 0.05) is 19.8 Å². The molecule has 164 valence electrons. The van der Waals surface area contributed by atoms with E-state index in [1.165, 1.54) is 22.7 Å². The normalized spacial score (nSPS) is 13.1. The molecule has 0 bridgehead atoms. The Morgan fingerprint density at radius 3 is 1.44 bits per heavy atom. The highest BCUT2D eigenvalue weighted by molar-refractivity contribution is 7.16. The van der Waals surface area contributed by atoms with Gasteiger partial charge in [-0.1, -0.05) is 70.7 Å². The van der Waals surface area contributed by atoms with E-state index in [1.54, 1.807) is 0 Å². The van der Waals surface area contributed by atoms with Gasteiger partial charge in [0.2, 0.25) is 0 Å². The van der Waals surface area contributed by atoms with Gasteiger partial charge in [0.25, 0.3) is 0 Å². The number of hydrogen-bond donors (Lipinski definition) is 0. The summed E-state index contributed by atoms with van der Waals surface area (Å²) in [5, 5.41) is 1.30. The van der Waals surface area contributed by atoms with E-state index in [0.29, 0.717) is 31.6 Å². The summed E-state index contributed by atoms with van der Waals surface area (Å²) in [5.41, 5.74) is 2.01. The van der Waals surface area contributed by atoms with Crippen molar-refractivity contribution >= 4 is 74.9 Å². The third-order valence-corrected chi connectivity index (χ3v) is 8.38. The Morgan fingerprint density at radius 1 is 0.656 bits per heavy atom. The molecule has 32 heavy (non-hydrogen) atoms. The van der Waals surface area contributed by atoms with Gasteiger partial charge < -0.3 is 0 Å². The minimum atomic E-state index is -0.351. The van der Waals surface area contributed by atoms with Crippen LogP contribution in [0.25, 0.3) is 0 Å². The number of benzene rings is 2. The van der Waals surface area contributed by atoms with Gasteiger partial charge in [-0.3, -0.25) is 4.79 Å². The van der Waals surface area contributed by atoms with Crippen LogP contribution in [0, 0.1) is 0 Å². The molecule has 0 amide bonds. The fourth-order valence-corrected chi connectivity index (χ4v) is 6.52. The van der Waals surface area contributed by atoms with Crippen molar-refractivity contribution in [1.29, 1.82) is 0 Å². The Labute approximate surface area is 215 Å². The minimum Gasteiger partial charge on any atom is -0.298 e. The second-order valence-corrected chi connectivity index (χ2v) is 11.8. The van der Waals surface area contributed by atoms with Gasteiger partial charge in [-0.15, -0.1) is 22.7 Å². The van der Waals surface area contributed by atoms with Gasteiger partial charge in [-0.05, 0) is 72.5 Å². The van der Waals surface area contributed by atoms with E-state index in [4.69, 9.17) is 46.4 Å². The molecule has 1 nitrogen and oxygen atoms in total. The van der Waals surface area contributed by atoms with E-state index in [2.05, 4.69) is 0 Å². The molecule has 0 saturated carbocycles. The van der Waals surface area contributed by atoms with Crippen molar-refractivity contribution in [3.05, 3.63) is 112 Å². The summed E-state index contributed by atoms with van der Waals surface area (Å²) >= 11 is 27.8. The molecule has 2 unspecified atom stereocenters. The van der Waals surface area contributed by atoms with E-state index in [0.717, 1.165) is 20.9 Å². The molecule has 0 aliphatic carbocycles. The predicted molar refractivity (Wildman–Crippen MR) is 139 cm³/mol. The van der Waals surface area contributed by atoms with Crippen LogP contribution in [0.1, 0.15) is 32.7 Å². The first-order valence-corrected chi connectivity index (χ1v) is 13.1. The average Bonchev–Trinajstić information content (AvgIpc) is 3.38. The number of hydrogen-bond acceptors (Lipinski definition) is 3. The third kappa shape index (κ3) is 5.96. The number of halogens is 4. The SMILES string of the molecule is O=C(C(Cc1cccc(Cl)c1)c1ccc(Cl)s1)C(Cc1cccc(Cl)c1)c1ccc(Cl)s1. The van der Waals surface area contributed by atoms with Gasteiger partial charge in [-0.2, -0.15) is 0 Å². The number of carbonyl (C=O) groups excluding carboxylic acids is 1. The zero-order valence-corrected chi connectivity index (χ0v) is 21.4. The quantitative estimate of drug-likeness (QED) is 0.218. The average molecular weight is 540 g/mol. The maximum Gasteiger partial charge on any atom is 0.150 e. The second kappa shape index (κ2) is 10.7. The Hall–Kier alpha value is -1.33. The zero-order chi connectivity index (χ0) is 22.7. The first kappa shape index (κ1) is 23.8. The lowest BCUT2D eigenvalue weighted by Gasteiger charge is -2.22. The molecule has 0 N–H and O–H groups in total. The number of Topliss-reactive ketones (excluding diaryl/α,β-unsaturated/α-hetero) is 1. The van der Waals surface area contributed by atoms with Crippen LogP contribution in [0.4, 0.5) is 0 Å². The molecule has 2 aromatic heterocycles. The van der Waals surface area contributed by atoms with E-state index < -0.39 is 0 Å². The standard InChI is InChI=1S/C25H18Cl4OS2/c26-17-5-1-3-15(11-17)13-19(21-7-9-23(28)31-21)25(30)20(22-8-10-24(29)32-22)14-16-4-2-6-18(27)12-16/h1-12,19-20H,13-14H2. The van der Waals surface area contributed by atoms with E-state index in [-0.39, 0.29) is 17.6 Å². The molecule has 0 aliphatic heterocycles. The molecule has 0 aliphatic rings. The van der Waals surface area contributed by atoms with Gasteiger partial charge in [0.15, 0.2) is 0 Å². The van der Waals surface area contributed by atoms with Crippen LogP contribution in [0.5, 0.6) is 0 Å². The maximum atomic E-state index is 14.1. The molecule has 2 heterocycles. The molecular formula is C25H18Cl4OS2. The summed E-state index contributed by atoms with van der Waals surface area (Å²) in [5.74, 6) is -0.575. The minimum absolute atomic E-state index is 0.127. The summed E-state index contributed by atoms with van der Waals surface area (Å²) in [4.78, 5) is 16.0. The molecule has 7 heteroatoms. The highest BCUT2D eigenvalue weighted by atomic mass is 35.5. The highest BCUT2D eigenvalue weighted by Gasteiger charge is 2.32. The second-order valence-electron chi connectivity index (χ2n) is 7.46. The smallest absolute Gasteiger partial charge is 0.150 e. The Kier molecular flexibility index (Phi) is 7.99. The Bertz CT molecular complexity index is 1140. The van der Waals surface area contributed by atoms with Crippen molar-refractivity contribution in [3.63, 3.8) is 0 Å². The predicted octanol–water partition coefficient (Wildman–Crippen LogP) is 9.35. The van der Waals surface area contributed by atoms with Crippen LogP contribution < -0.4 is 0 Å². The van der Waals surface area contributed by atoms with E-state index >= 15 is 0 Å². The lowest BCUT2D eigenvalue weighted by molar-refractivity contribution is -0.121. The van der Waals surface area contributed by atoms with Gasteiger partial charge in [0.1, 0.15) is 5.78 Å². The first-order valence-electron chi connectivity index (χ1n) is 9.92. The van der Waals surface area contributed by atoms with Crippen molar-refractivity contribution in [2.45, 2.75) is 24.7 Å². The fourth-order valence-electron chi connectivity index (χ4n) is 3.76.